The van der Waals surface area contributed by atoms with Crippen molar-refractivity contribution in [3.8, 4) is 0 Å². The van der Waals surface area contributed by atoms with E-state index in [1.165, 1.54) is 0 Å². The lowest BCUT2D eigenvalue weighted by Crippen LogP contribution is -2.41. The van der Waals surface area contributed by atoms with Crippen LogP contribution in [0.15, 0.2) is 85.1 Å². The Morgan fingerprint density at radius 2 is 1.53 bits per heavy atom. The number of para-hydroxylation sites is 2. The molecule has 0 aliphatic heterocycles. The lowest BCUT2D eigenvalue weighted by atomic mass is 10.1. The molecule has 4 rings (SSSR count). The molecule has 0 radical (unpaired) electrons. The topological polar surface area (TPSA) is 106 Å². The summed E-state index contributed by atoms with van der Waals surface area (Å²) in [6.45, 7) is -0.189. The number of nitrogens with one attached hydrogen (secondary N) is 4. The maximum Gasteiger partial charge on any atom is 0.319 e. The number of carbonyl (C=O) groups is 2. The van der Waals surface area contributed by atoms with Gasteiger partial charge < -0.3 is 26.0 Å². The molecule has 1 heterocycles. The summed E-state index contributed by atoms with van der Waals surface area (Å²) >= 11 is 0. The highest BCUT2D eigenvalue weighted by Gasteiger charge is 2.15. The molecule has 7 nitrogen and oxygen atoms in total. The zero-order valence-corrected chi connectivity index (χ0v) is 17.3. The Morgan fingerprint density at radius 3 is 2.28 bits per heavy atom. The maximum absolute atomic E-state index is 12.4. The van der Waals surface area contributed by atoms with Crippen molar-refractivity contribution in [2.45, 2.75) is 12.5 Å². The van der Waals surface area contributed by atoms with Crippen molar-refractivity contribution in [3.05, 3.63) is 96.2 Å². The molecule has 5 N–H and O–H groups in total. The van der Waals surface area contributed by atoms with Crippen molar-refractivity contribution in [1.82, 2.24) is 10.3 Å². The van der Waals surface area contributed by atoms with Gasteiger partial charge in [-0.05, 0) is 54.4 Å². The number of fused-ring (bicyclic) bond motifs is 1. The van der Waals surface area contributed by atoms with E-state index in [9.17, 15) is 14.7 Å². The number of hydrogen-bond acceptors (Lipinski definition) is 3. The summed E-state index contributed by atoms with van der Waals surface area (Å²) in [7, 11) is 0. The van der Waals surface area contributed by atoms with E-state index < -0.39 is 12.1 Å². The number of rotatable bonds is 7. The molecule has 0 bridgehead atoms. The fourth-order valence-electron chi connectivity index (χ4n) is 3.51. The first-order valence-electron chi connectivity index (χ1n) is 10.3. The van der Waals surface area contributed by atoms with Gasteiger partial charge in [0.15, 0.2) is 0 Å². The van der Waals surface area contributed by atoms with Crippen LogP contribution in [-0.2, 0) is 6.42 Å². The molecular formula is C25H24N4O3. The molecule has 3 amide bonds. The Morgan fingerprint density at radius 1 is 0.844 bits per heavy atom. The quantitative estimate of drug-likeness (QED) is 0.305. The smallest absolute Gasteiger partial charge is 0.319 e. The van der Waals surface area contributed by atoms with Crippen LogP contribution in [0.3, 0.4) is 0 Å². The number of aliphatic hydroxyl groups excluding tert-OH is 1. The van der Waals surface area contributed by atoms with Gasteiger partial charge in [0.05, 0.1) is 12.6 Å². The van der Waals surface area contributed by atoms with E-state index in [0.717, 1.165) is 16.5 Å². The summed E-state index contributed by atoms with van der Waals surface area (Å²) in [5.74, 6) is -0.230. The third-order valence-electron chi connectivity index (χ3n) is 5.13. The fourth-order valence-corrected chi connectivity index (χ4v) is 3.51. The zero-order valence-electron chi connectivity index (χ0n) is 17.3. The standard InChI is InChI=1S/C25H24N4O3/c30-16-21(14-18-15-26-23-9-5-4-8-22(18)23)29-25(32)28-20-12-10-17(11-13-20)24(31)27-19-6-2-1-3-7-19/h1-13,15,21,26,30H,14,16H2,(H,27,31)(H2,28,29,32). The summed E-state index contributed by atoms with van der Waals surface area (Å²) in [5.41, 5.74) is 3.77. The lowest BCUT2D eigenvalue weighted by molar-refractivity contribution is 0.102. The number of urea groups is 1. The van der Waals surface area contributed by atoms with Crippen LogP contribution in [0.1, 0.15) is 15.9 Å². The summed E-state index contributed by atoms with van der Waals surface area (Å²) in [5, 5.41) is 19.2. The summed E-state index contributed by atoms with van der Waals surface area (Å²) in [6.07, 6.45) is 2.39. The van der Waals surface area contributed by atoms with E-state index in [1.807, 2.05) is 60.8 Å². The minimum atomic E-state index is -0.440. The molecule has 0 fully saturated rings. The molecule has 7 heteroatoms. The third kappa shape index (κ3) is 5.14. The van der Waals surface area contributed by atoms with Gasteiger partial charge in [0.1, 0.15) is 0 Å². The average Bonchev–Trinajstić information content (AvgIpc) is 3.22. The third-order valence-corrected chi connectivity index (χ3v) is 5.13. The lowest BCUT2D eigenvalue weighted by Gasteiger charge is -2.17. The minimum Gasteiger partial charge on any atom is -0.394 e. The highest BCUT2D eigenvalue weighted by Crippen LogP contribution is 2.19. The Labute approximate surface area is 185 Å². The molecule has 0 aliphatic carbocycles. The Balaban J connectivity index is 1.33. The number of hydrogen-bond donors (Lipinski definition) is 5. The van der Waals surface area contributed by atoms with Gasteiger partial charge >= 0.3 is 6.03 Å². The highest BCUT2D eigenvalue weighted by atomic mass is 16.3. The largest absolute Gasteiger partial charge is 0.394 e. The Hall–Kier alpha value is -4.10. The number of aliphatic hydroxyl groups is 1. The molecule has 32 heavy (non-hydrogen) atoms. The number of H-pyrrole nitrogens is 1. The first-order valence-corrected chi connectivity index (χ1v) is 10.3. The van der Waals surface area contributed by atoms with Gasteiger partial charge in [-0.25, -0.2) is 4.79 Å². The first kappa shape index (κ1) is 21.1. The van der Waals surface area contributed by atoms with Crippen LogP contribution < -0.4 is 16.0 Å². The fraction of sp³-hybridized carbons (Fsp3) is 0.120. The summed E-state index contributed by atoms with van der Waals surface area (Å²) in [4.78, 5) is 27.9. The van der Waals surface area contributed by atoms with Crippen molar-refractivity contribution in [2.75, 3.05) is 17.2 Å². The molecule has 0 aliphatic rings. The van der Waals surface area contributed by atoms with E-state index in [-0.39, 0.29) is 12.5 Å². The number of amides is 3. The predicted octanol–water partition coefficient (Wildman–Crippen LogP) is 4.15. The number of carbonyl (C=O) groups excluding carboxylic acids is 2. The van der Waals surface area contributed by atoms with Crippen LogP contribution in [0.2, 0.25) is 0 Å². The number of aromatic nitrogens is 1. The zero-order chi connectivity index (χ0) is 22.3. The number of anilines is 2. The van der Waals surface area contributed by atoms with Crippen molar-refractivity contribution in [1.29, 1.82) is 0 Å². The van der Waals surface area contributed by atoms with Crippen LogP contribution in [0, 0.1) is 0 Å². The molecule has 1 unspecified atom stereocenters. The number of benzene rings is 3. The molecule has 162 valence electrons. The van der Waals surface area contributed by atoms with Gasteiger partial charge in [-0.15, -0.1) is 0 Å². The van der Waals surface area contributed by atoms with Gasteiger partial charge in [0, 0.05) is 34.0 Å². The predicted molar refractivity (Wildman–Crippen MR) is 126 cm³/mol. The monoisotopic (exact) mass is 428 g/mol. The van der Waals surface area contributed by atoms with E-state index in [0.29, 0.717) is 23.4 Å². The normalized spacial score (nSPS) is 11.7. The second-order valence-electron chi connectivity index (χ2n) is 7.44. The van der Waals surface area contributed by atoms with Crippen molar-refractivity contribution in [2.24, 2.45) is 0 Å². The number of aromatic amines is 1. The van der Waals surface area contributed by atoms with E-state index >= 15 is 0 Å². The van der Waals surface area contributed by atoms with E-state index in [4.69, 9.17) is 0 Å². The van der Waals surface area contributed by atoms with E-state index in [1.54, 1.807) is 24.3 Å². The van der Waals surface area contributed by atoms with Gasteiger partial charge in [0.25, 0.3) is 5.91 Å². The van der Waals surface area contributed by atoms with Crippen LogP contribution in [-0.4, -0.2) is 34.7 Å². The second-order valence-corrected chi connectivity index (χ2v) is 7.44. The van der Waals surface area contributed by atoms with Crippen LogP contribution in [0.4, 0.5) is 16.2 Å². The molecule has 0 saturated heterocycles. The van der Waals surface area contributed by atoms with Gasteiger partial charge in [-0.2, -0.15) is 0 Å². The highest BCUT2D eigenvalue weighted by molar-refractivity contribution is 6.04. The van der Waals surface area contributed by atoms with Crippen LogP contribution >= 0.6 is 0 Å². The molecule has 1 aromatic heterocycles. The van der Waals surface area contributed by atoms with Crippen LogP contribution in [0.25, 0.3) is 10.9 Å². The second kappa shape index (κ2) is 9.80. The van der Waals surface area contributed by atoms with Crippen LogP contribution in [0.5, 0.6) is 0 Å². The first-order chi connectivity index (χ1) is 15.6. The molecule has 0 spiro atoms. The van der Waals surface area contributed by atoms with Crippen molar-refractivity contribution >= 4 is 34.2 Å². The van der Waals surface area contributed by atoms with Crippen molar-refractivity contribution in [3.63, 3.8) is 0 Å². The van der Waals surface area contributed by atoms with Gasteiger partial charge in [-0.1, -0.05) is 36.4 Å². The minimum absolute atomic E-state index is 0.189. The summed E-state index contributed by atoms with van der Waals surface area (Å²) in [6, 6.07) is 22.8. The SMILES string of the molecule is O=C(Nc1ccc(C(=O)Nc2ccccc2)cc1)NC(CO)Cc1c[nH]c2ccccc12. The molecule has 4 aromatic rings. The van der Waals surface area contributed by atoms with E-state index in [2.05, 4.69) is 20.9 Å². The Kier molecular flexibility index (Phi) is 6.48. The van der Waals surface area contributed by atoms with Gasteiger partial charge in [0.2, 0.25) is 0 Å². The molecular weight excluding hydrogens is 404 g/mol. The molecule has 0 saturated carbocycles. The Bertz CT molecular complexity index is 1200. The van der Waals surface area contributed by atoms with Gasteiger partial charge in [-0.3, -0.25) is 4.79 Å². The molecule has 1 atom stereocenters. The maximum atomic E-state index is 12.4. The van der Waals surface area contributed by atoms with Crippen molar-refractivity contribution < 1.29 is 14.7 Å². The molecule has 3 aromatic carbocycles. The summed E-state index contributed by atoms with van der Waals surface area (Å²) < 4.78 is 0. The average molecular weight is 428 g/mol.